The van der Waals surface area contributed by atoms with Crippen molar-refractivity contribution in [2.24, 2.45) is 12.2 Å². The minimum absolute atomic E-state index is 0.236. The fourth-order valence-electron chi connectivity index (χ4n) is 1.95. The van der Waals surface area contributed by atoms with Crippen LogP contribution in [0.3, 0.4) is 0 Å². The van der Waals surface area contributed by atoms with Crippen molar-refractivity contribution in [1.82, 2.24) is 14.8 Å². The average molecular weight is 266 g/mol. The van der Waals surface area contributed by atoms with Crippen LogP contribution in [-0.4, -0.2) is 23.2 Å². The van der Waals surface area contributed by atoms with Gasteiger partial charge >= 0.3 is 0 Å². The lowest BCUT2D eigenvalue weighted by Gasteiger charge is -2.08. The van der Waals surface area contributed by atoms with Gasteiger partial charge in [-0.05, 0) is 25.0 Å². The summed E-state index contributed by atoms with van der Waals surface area (Å²) in [6, 6.07) is 5.81. The Morgan fingerprint density at radius 3 is 2.17 bits per heavy atom. The molecule has 0 aliphatic heterocycles. The van der Waals surface area contributed by atoms with E-state index in [4.69, 9.17) is 5.14 Å². The molecule has 1 heterocycles. The Morgan fingerprint density at radius 1 is 1.17 bits per heavy atom. The molecule has 0 saturated carbocycles. The molecule has 0 bridgehead atoms. The topological polar surface area (TPSA) is 90.9 Å². The molecule has 0 unspecified atom stereocenters. The number of aromatic nitrogens is 3. The summed E-state index contributed by atoms with van der Waals surface area (Å²) >= 11 is 0. The quantitative estimate of drug-likeness (QED) is 0.868. The van der Waals surface area contributed by atoms with E-state index in [0.29, 0.717) is 5.82 Å². The lowest BCUT2D eigenvalue weighted by atomic mass is 10.0. The van der Waals surface area contributed by atoms with Crippen molar-refractivity contribution in [3.8, 4) is 11.4 Å². The summed E-state index contributed by atoms with van der Waals surface area (Å²) < 4.78 is 24.0. The molecular formula is C11H14N4O2S. The molecule has 0 saturated heterocycles. The van der Waals surface area contributed by atoms with Gasteiger partial charge in [-0.25, -0.2) is 13.6 Å². The van der Waals surface area contributed by atoms with Gasteiger partial charge < -0.3 is 0 Å². The Labute approximate surface area is 106 Å². The van der Waals surface area contributed by atoms with E-state index in [1.807, 2.05) is 32.0 Å². The van der Waals surface area contributed by atoms with Crippen molar-refractivity contribution in [3.05, 3.63) is 29.3 Å². The highest BCUT2D eigenvalue weighted by Gasteiger charge is 2.21. The SMILES string of the molecule is Cc1cccc(C)c1-c1nnc(S(N)(=O)=O)n1C. The molecule has 2 rings (SSSR count). The zero-order chi connectivity index (χ0) is 13.5. The second-order valence-corrected chi connectivity index (χ2v) is 5.63. The van der Waals surface area contributed by atoms with Gasteiger partial charge in [0, 0.05) is 12.6 Å². The Bertz CT molecular complexity index is 684. The smallest absolute Gasteiger partial charge is 0.273 e. The molecule has 1 aromatic carbocycles. The normalized spacial score (nSPS) is 11.8. The maximum Gasteiger partial charge on any atom is 0.273 e. The maximum atomic E-state index is 11.3. The zero-order valence-corrected chi connectivity index (χ0v) is 11.2. The largest absolute Gasteiger partial charge is 0.300 e. The van der Waals surface area contributed by atoms with Crippen LogP contribution in [0, 0.1) is 13.8 Å². The Morgan fingerprint density at radius 2 is 1.72 bits per heavy atom. The molecule has 2 N–H and O–H groups in total. The van der Waals surface area contributed by atoms with Crippen LogP contribution in [-0.2, 0) is 17.1 Å². The number of rotatable bonds is 2. The second kappa shape index (κ2) is 4.18. The van der Waals surface area contributed by atoms with E-state index in [-0.39, 0.29) is 5.16 Å². The van der Waals surface area contributed by atoms with Gasteiger partial charge in [0.15, 0.2) is 5.82 Å². The fourth-order valence-corrected chi connectivity index (χ4v) is 2.57. The summed E-state index contributed by atoms with van der Waals surface area (Å²) in [6.07, 6.45) is 0. The van der Waals surface area contributed by atoms with E-state index in [2.05, 4.69) is 10.2 Å². The minimum Gasteiger partial charge on any atom is -0.300 e. The first kappa shape index (κ1) is 12.7. The van der Waals surface area contributed by atoms with Crippen molar-refractivity contribution in [3.63, 3.8) is 0 Å². The van der Waals surface area contributed by atoms with Gasteiger partial charge in [0.05, 0.1) is 0 Å². The van der Waals surface area contributed by atoms with Crippen molar-refractivity contribution >= 4 is 10.0 Å². The number of benzene rings is 1. The molecule has 0 radical (unpaired) electrons. The molecule has 0 spiro atoms. The highest BCUT2D eigenvalue weighted by Crippen LogP contribution is 2.25. The van der Waals surface area contributed by atoms with Crippen LogP contribution < -0.4 is 5.14 Å². The van der Waals surface area contributed by atoms with E-state index < -0.39 is 10.0 Å². The number of nitrogens with zero attached hydrogens (tertiary/aromatic N) is 3. The van der Waals surface area contributed by atoms with E-state index in [9.17, 15) is 8.42 Å². The van der Waals surface area contributed by atoms with Crippen molar-refractivity contribution < 1.29 is 8.42 Å². The summed E-state index contributed by atoms with van der Waals surface area (Å²) in [4.78, 5) is 0. The second-order valence-electron chi connectivity index (χ2n) is 4.18. The van der Waals surface area contributed by atoms with Crippen LogP contribution in [0.5, 0.6) is 0 Å². The predicted molar refractivity (Wildman–Crippen MR) is 67.3 cm³/mol. The minimum atomic E-state index is -3.86. The molecule has 0 atom stereocenters. The van der Waals surface area contributed by atoms with Gasteiger partial charge in [-0.3, -0.25) is 4.57 Å². The molecule has 0 aliphatic rings. The molecule has 2 aromatic rings. The first-order chi connectivity index (χ1) is 8.32. The number of sulfonamides is 1. The van der Waals surface area contributed by atoms with E-state index >= 15 is 0 Å². The molecule has 1 aromatic heterocycles. The summed E-state index contributed by atoms with van der Waals surface area (Å²) in [7, 11) is -2.27. The van der Waals surface area contributed by atoms with Gasteiger partial charge in [-0.2, -0.15) is 0 Å². The number of aryl methyl sites for hydroxylation is 2. The molecule has 0 amide bonds. The van der Waals surface area contributed by atoms with Gasteiger partial charge in [0.1, 0.15) is 0 Å². The van der Waals surface area contributed by atoms with Crippen LogP contribution >= 0.6 is 0 Å². The van der Waals surface area contributed by atoms with Gasteiger partial charge in [-0.1, -0.05) is 18.2 Å². The third-order valence-electron chi connectivity index (χ3n) is 2.79. The van der Waals surface area contributed by atoms with Gasteiger partial charge in [-0.15, -0.1) is 10.2 Å². The average Bonchev–Trinajstić information content (AvgIpc) is 2.60. The number of hydrogen-bond donors (Lipinski definition) is 1. The van der Waals surface area contributed by atoms with Gasteiger partial charge in [0.2, 0.25) is 0 Å². The molecule has 6 nitrogen and oxygen atoms in total. The number of primary sulfonamides is 1. The van der Waals surface area contributed by atoms with Crippen molar-refractivity contribution in [2.45, 2.75) is 19.0 Å². The number of nitrogens with two attached hydrogens (primary N) is 1. The van der Waals surface area contributed by atoms with Gasteiger partial charge in [0.25, 0.3) is 15.2 Å². The van der Waals surface area contributed by atoms with Crippen molar-refractivity contribution in [2.75, 3.05) is 0 Å². The van der Waals surface area contributed by atoms with E-state index in [0.717, 1.165) is 16.7 Å². The Hall–Kier alpha value is -1.73. The molecular weight excluding hydrogens is 252 g/mol. The monoisotopic (exact) mass is 266 g/mol. The highest BCUT2D eigenvalue weighted by molar-refractivity contribution is 7.89. The van der Waals surface area contributed by atoms with Crippen LogP contribution in [0.2, 0.25) is 0 Å². The molecule has 96 valence electrons. The lowest BCUT2D eigenvalue weighted by Crippen LogP contribution is -2.17. The summed E-state index contributed by atoms with van der Waals surface area (Å²) in [5.74, 6) is 0.495. The van der Waals surface area contributed by atoms with Crippen molar-refractivity contribution in [1.29, 1.82) is 0 Å². The summed E-state index contributed by atoms with van der Waals surface area (Å²) in [5.41, 5.74) is 2.89. The molecule has 0 aliphatic carbocycles. The van der Waals surface area contributed by atoms with E-state index in [1.165, 1.54) is 4.57 Å². The summed E-state index contributed by atoms with van der Waals surface area (Å²) in [5, 5.41) is 12.4. The number of hydrogen-bond acceptors (Lipinski definition) is 4. The maximum absolute atomic E-state index is 11.3. The zero-order valence-electron chi connectivity index (χ0n) is 10.4. The van der Waals surface area contributed by atoms with Crippen LogP contribution in [0.4, 0.5) is 0 Å². The molecule has 7 heteroatoms. The van der Waals surface area contributed by atoms with E-state index in [1.54, 1.807) is 7.05 Å². The third kappa shape index (κ3) is 2.02. The van der Waals surface area contributed by atoms with Crippen LogP contribution in [0.25, 0.3) is 11.4 Å². The Balaban J connectivity index is 2.71. The summed E-state index contributed by atoms with van der Waals surface area (Å²) in [6.45, 7) is 3.88. The van der Waals surface area contributed by atoms with Crippen LogP contribution in [0.15, 0.2) is 23.4 Å². The standard InChI is InChI=1S/C11H14N4O2S/c1-7-5-4-6-8(2)9(7)10-13-14-11(15(10)3)18(12,16)17/h4-6H,1-3H3,(H2,12,16,17). The first-order valence-electron chi connectivity index (χ1n) is 5.31. The Kier molecular flexibility index (Phi) is 2.95. The lowest BCUT2D eigenvalue weighted by molar-refractivity contribution is 0.580. The molecule has 0 fully saturated rings. The highest BCUT2D eigenvalue weighted by atomic mass is 32.2. The molecule has 18 heavy (non-hydrogen) atoms. The van der Waals surface area contributed by atoms with Crippen LogP contribution in [0.1, 0.15) is 11.1 Å². The third-order valence-corrected chi connectivity index (χ3v) is 3.66. The fraction of sp³-hybridized carbons (Fsp3) is 0.273. The first-order valence-corrected chi connectivity index (χ1v) is 6.86. The predicted octanol–water partition coefficient (Wildman–Crippen LogP) is 0.746.